The highest BCUT2D eigenvalue weighted by Gasteiger charge is 2.21. The highest BCUT2D eigenvalue weighted by Crippen LogP contribution is 2.18. The molecule has 1 unspecified atom stereocenters. The van der Waals surface area contributed by atoms with E-state index in [1.807, 2.05) is 30.0 Å². The molecule has 0 aliphatic carbocycles. The SMILES string of the molecule is CC(N)CCC(=O)N(Cc1ccccc1)CC1CCOCC1. The van der Waals surface area contributed by atoms with Crippen LogP contribution in [0.15, 0.2) is 30.3 Å². The molecule has 1 heterocycles. The molecule has 4 heteroatoms. The summed E-state index contributed by atoms with van der Waals surface area (Å²) in [4.78, 5) is 14.6. The summed E-state index contributed by atoms with van der Waals surface area (Å²) in [5.41, 5.74) is 6.97. The average molecular weight is 304 g/mol. The molecule has 1 fully saturated rings. The lowest BCUT2D eigenvalue weighted by Crippen LogP contribution is -2.37. The van der Waals surface area contributed by atoms with E-state index in [1.54, 1.807) is 0 Å². The molecular weight excluding hydrogens is 276 g/mol. The van der Waals surface area contributed by atoms with Gasteiger partial charge in [0.2, 0.25) is 5.91 Å². The maximum atomic E-state index is 12.6. The highest BCUT2D eigenvalue weighted by molar-refractivity contribution is 5.76. The Hall–Kier alpha value is -1.39. The standard InChI is InChI=1S/C18H28N2O2/c1-15(19)7-8-18(21)20(13-16-5-3-2-4-6-16)14-17-9-11-22-12-10-17/h2-6,15,17H,7-14,19H2,1H3. The Kier molecular flexibility index (Phi) is 6.87. The first-order valence-corrected chi connectivity index (χ1v) is 8.30. The molecular formula is C18H28N2O2. The van der Waals surface area contributed by atoms with E-state index in [0.717, 1.165) is 39.0 Å². The Balaban J connectivity index is 1.97. The Morgan fingerprint density at radius 2 is 2.00 bits per heavy atom. The van der Waals surface area contributed by atoms with Crippen LogP contribution in [0.4, 0.5) is 0 Å². The van der Waals surface area contributed by atoms with Gasteiger partial charge in [0.05, 0.1) is 0 Å². The second-order valence-corrected chi connectivity index (χ2v) is 6.33. The fourth-order valence-corrected chi connectivity index (χ4v) is 2.81. The summed E-state index contributed by atoms with van der Waals surface area (Å²) in [6.07, 6.45) is 3.38. The van der Waals surface area contributed by atoms with Crippen LogP contribution in [0.5, 0.6) is 0 Å². The lowest BCUT2D eigenvalue weighted by Gasteiger charge is -2.30. The van der Waals surface area contributed by atoms with E-state index in [-0.39, 0.29) is 11.9 Å². The molecule has 1 aromatic rings. The van der Waals surface area contributed by atoms with Crippen molar-refractivity contribution in [2.24, 2.45) is 11.7 Å². The number of carbonyl (C=O) groups is 1. The molecule has 4 nitrogen and oxygen atoms in total. The Morgan fingerprint density at radius 3 is 2.64 bits per heavy atom. The number of hydrogen-bond acceptors (Lipinski definition) is 3. The molecule has 2 N–H and O–H groups in total. The van der Waals surface area contributed by atoms with Crippen LogP contribution >= 0.6 is 0 Å². The van der Waals surface area contributed by atoms with Crippen molar-refractivity contribution in [2.45, 2.75) is 45.2 Å². The van der Waals surface area contributed by atoms with Crippen molar-refractivity contribution < 1.29 is 9.53 Å². The van der Waals surface area contributed by atoms with E-state index in [4.69, 9.17) is 10.5 Å². The van der Waals surface area contributed by atoms with Crippen LogP contribution in [-0.2, 0) is 16.1 Å². The molecule has 1 aliphatic heterocycles. The number of hydrogen-bond donors (Lipinski definition) is 1. The summed E-state index contributed by atoms with van der Waals surface area (Å²) >= 11 is 0. The second-order valence-electron chi connectivity index (χ2n) is 6.33. The molecule has 1 saturated heterocycles. The van der Waals surface area contributed by atoms with Crippen LogP contribution in [0.2, 0.25) is 0 Å². The predicted octanol–water partition coefficient (Wildman–Crippen LogP) is 2.57. The van der Waals surface area contributed by atoms with Gasteiger partial charge >= 0.3 is 0 Å². The Morgan fingerprint density at radius 1 is 1.32 bits per heavy atom. The van der Waals surface area contributed by atoms with Gasteiger partial charge in [0.1, 0.15) is 0 Å². The van der Waals surface area contributed by atoms with Crippen molar-refractivity contribution in [2.75, 3.05) is 19.8 Å². The predicted molar refractivity (Wildman–Crippen MR) is 88.3 cm³/mol. The molecule has 1 amide bonds. The number of amides is 1. The first-order chi connectivity index (χ1) is 10.6. The second kappa shape index (κ2) is 8.91. The smallest absolute Gasteiger partial charge is 0.222 e. The van der Waals surface area contributed by atoms with Crippen LogP contribution < -0.4 is 5.73 Å². The van der Waals surface area contributed by atoms with Gasteiger partial charge in [-0.1, -0.05) is 30.3 Å². The van der Waals surface area contributed by atoms with E-state index in [2.05, 4.69) is 12.1 Å². The van der Waals surface area contributed by atoms with Crippen LogP contribution in [-0.4, -0.2) is 36.6 Å². The Bertz CT molecular complexity index is 442. The van der Waals surface area contributed by atoms with Gasteiger partial charge in [-0.2, -0.15) is 0 Å². The zero-order chi connectivity index (χ0) is 15.8. The number of nitrogens with zero attached hydrogens (tertiary/aromatic N) is 1. The molecule has 0 radical (unpaired) electrons. The molecule has 122 valence electrons. The van der Waals surface area contributed by atoms with Crippen molar-refractivity contribution in [1.82, 2.24) is 4.90 Å². The van der Waals surface area contributed by atoms with Gasteiger partial charge in [-0.25, -0.2) is 0 Å². The first kappa shape index (κ1) is 17.0. The van der Waals surface area contributed by atoms with Gasteiger partial charge in [0, 0.05) is 38.8 Å². The normalized spacial score (nSPS) is 17.2. The summed E-state index contributed by atoms with van der Waals surface area (Å²) in [5, 5.41) is 0. The number of nitrogens with two attached hydrogens (primary N) is 1. The minimum Gasteiger partial charge on any atom is -0.381 e. The van der Waals surface area contributed by atoms with E-state index >= 15 is 0 Å². The fourth-order valence-electron chi connectivity index (χ4n) is 2.81. The van der Waals surface area contributed by atoms with E-state index < -0.39 is 0 Å². The molecule has 0 spiro atoms. The minimum absolute atomic E-state index is 0.0746. The Labute approximate surface area is 133 Å². The minimum atomic E-state index is 0.0746. The monoisotopic (exact) mass is 304 g/mol. The van der Waals surface area contributed by atoms with Gasteiger partial charge in [-0.3, -0.25) is 4.79 Å². The number of rotatable bonds is 7. The van der Waals surface area contributed by atoms with Gasteiger partial charge in [-0.05, 0) is 37.7 Å². The van der Waals surface area contributed by atoms with Crippen molar-refractivity contribution in [3.8, 4) is 0 Å². The van der Waals surface area contributed by atoms with Gasteiger partial charge in [0.25, 0.3) is 0 Å². The summed E-state index contributed by atoms with van der Waals surface area (Å²) in [5.74, 6) is 0.768. The summed E-state index contributed by atoms with van der Waals surface area (Å²) in [6.45, 7) is 5.11. The van der Waals surface area contributed by atoms with Crippen LogP contribution in [0, 0.1) is 5.92 Å². The maximum absolute atomic E-state index is 12.6. The largest absolute Gasteiger partial charge is 0.381 e. The third-order valence-electron chi connectivity index (χ3n) is 4.20. The first-order valence-electron chi connectivity index (χ1n) is 8.30. The van der Waals surface area contributed by atoms with Crippen molar-refractivity contribution in [1.29, 1.82) is 0 Å². The lowest BCUT2D eigenvalue weighted by atomic mass is 9.99. The fraction of sp³-hybridized carbons (Fsp3) is 0.611. The maximum Gasteiger partial charge on any atom is 0.222 e. The summed E-state index contributed by atoms with van der Waals surface area (Å²) in [7, 11) is 0. The zero-order valence-electron chi connectivity index (χ0n) is 13.5. The average Bonchev–Trinajstić information content (AvgIpc) is 2.54. The van der Waals surface area contributed by atoms with Crippen LogP contribution in [0.25, 0.3) is 0 Å². The molecule has 1 aromatic carbocycles. The topological polar surface area (TPSA) is 55.6 Å². The molecule has 22 heavy (non-hydrogen) atoms. The molecule has 0 saturated carbocycles. The number of benzene rings is 1. The summed E-state index contributed by atoms with van der Waals surface area (Å²) in [6, 6.07) is 10.3. The van der Waals surface area contributed by atoms with Crippen LogP contribution in [0.1, 0.15) is 38.2 Å². The van der Waals surface area contributed by atoms with Gasteiger partial charge < -0.3 is 15.4 Å². The molecule has 0 aromatic heterocycles. The van der Waals surface area contributed by atoms with Crippen molar-refractivity contribution in [3.63, 3.8) is 0 Å². The van der Waals surface area contributed by atoms with E-state index in [9.17, 15) is 4.79 Å². The number of carbonyl (C=O) groups excluding carboxylic acids is 1. The molecule has 2 rings (SSSR count). The van der Waals surface area contributed by atoms with Crippen LogP contribution in [0.3, 0.4) is 0 Å². The van der Waals surface area contributed by atoms with Crippen molar-refractivity contribution in [3.05, 3.63) is 35.9 Å². The molecule has 1 atom stereocenters. The third-order valence-corrected chi connectivity index (χ3v) is 4.20. The quantitative estimate of drug-likeness (QED) is 0.842. The van der Waals surface area contributed by atoms with Crippen molar-refractivity contribution >= 4 is 5.91 Å². The van der Waals surface area contributed by atoms with Gasteiger partial charge in [-0.15, -0.1) is 0 Å². The van der Waals surface area contributed by atoms with E-state index in [1.165, 1.54) is 5.56 Å². The van der Waals surface area contributed by atoms with E-state index in [0.29, 0.717) is 18.9 Å². The highest BCUT2D eigenvalue weighted by atomic mass is 16.5. The molecule has 1 aliphatic rings. The molecule has 0 bridgehead atoms. The zero-order valence-corrected chi connectivity index (χ0v) is 13.5. The summed E-state index contributed by atoms with van der Waals surface area (Å²) < 4.78 is 5.42. The number of ether oxygens (including phenoxy) is 1. The third kappa shape index (κ3) is 5.78. The van der Waals surface area contributed by atoms with Gasteiger partial charge in [0.15, 0.2) is 0 Å². The lowest BCUT2D eigenvalue weighted by molar-refractivity contribution is -0.133.